The predicted molar refractivity (Wildman–Crippen MR) is 58.0 cm³/mol. The van der Waals surface area contributed by atoms with Crippen molar-refractivity contribution in [3.63, 3.8) is 0 Å². The van der Waals surface area contributed by atoms with E-state index < -0.39 is 0 Å². The Kier molecular flexibility index (Phi) is 3.06. The van der Waals surface area contributed by atoms with Crippen LogP contribution < -0.4 is 10.5 Å². The quantitative estimate of drug-likeness (QED) is 0.746. The van der Waals surface area contributed by atoms with E-state index in [0.29, 0.717) is 30.7 Å². The van der Waals surface area contributed by atoms with Crippen LogP contribution in [0.15, 0.2) is 12.3 Å². The minimum absolute atomic E-state index is 0.535. The van der Waals surface area contributed by atoms with Gasteiger partial charge in [0, 0.05) is 12.7 Å². The average molecular weight is 208 g/mol. The summed E-state index contributed by atoms with van der Waals surface area (Å²) in [7, 11) is 1.65. The van der Waals surface area contributed by atoms with E-state index in [-0.39, 0.29) is 0 Å². The summed E-state index contributed by atoms with van der Waals surface area (Å²) in [5.41, 5.74) is 7.55. The smallest absolute Gasteiger partial charge is 0.217 e. The molecule has 1 heterocycles. The van der Waals surface area contributed by atoms with Gasteiger partial charge >= 0.3 is 0 Å². The van der Waals surface area contributed by atoms with E-state index in [1.54, 1.807) is 13.3 Å². The summed E-state index contributed by atoms with van der Waals surface area (Å²) in [5.74, 6) is 1.31. The molecule has 0 bridgehead atoms. The summed E-state index contributed by atoms with van der Waals surface area (Å²) in [6.45, 7) is 1.11. The van der Waals surface area contributed by atoms with Crippen LogP contribution in [0.2, 0.25) is 0 Å². The first-order chi connectivity index (χ1) is 7.31. The molecule has 1 aromatic rings. The number of nitrogens with zero attached hydrogens (tertiary/aromatic N) is 1. The first-order valence-corrected chi connectivity index (χ1v) is 5.18. The Morgan fingerprint density at radius 1 is 1.47 bits per heavy atom. The molecule has 0 radical (unpaired) electrons. The summed E-state index contributed by atoms with van der Waals surface area (Å²) < 4.78 is 10.5. The van der Waals surface area contributed by atoms with E-state index in [1.165, 1.54) is 12.8 Å². The van der Waals surface area contributed by atoms with Crippen molar-refractivity contribution in [1.82, 2.24) is 4.98 Å². The second-order valence-electron chi connectivity index (χ2n) is 3.78. The number of nitrogen functional groups attached to an aromatic ring is 1. The van der Waals surface area contributed by atoms with E-state index >= 15 is 0 Å². The predicted octanol–water partition coefficient (Wildman–Crippen LogP) is 1.57. The molecule has 1 saturated carbocycles. The molecule has 0 unspecified atom stereocenters. The molecule has 0 aromatic carbocycles. The van der Waals surface area contributed by atoms with Crippen molar-refractivity contribution in [3.05, 3.63) is 17.8 Å². The van der Waals surface area contributed by atoms with E-state index in [4.69, 9.17) is 15.2 Å². The highest BCUT2D eigenvalue weighted by molar-refractivity contribution is 5.45. The summed E-state index contributed by atoms with van der Waals surface area (Å²) in [6.07, 6.45) is 4.06. The van der Waals surface area contributed by atoms with Gasteiger partial charge in [0.2, 0.25) is 5.88 Å². The molecule has 0 saturated heterocycles. The van der Waals surface area contributed by atoms with Crippen molar-refractivity contribution in [1.29, 1.82) is 0 Å². The zero-order chi connectivity index (χ0) is 10.7. The molecule has 82 valence electrons. The molecule has 1 aromatic heterocycles. The lowest BCUT2D eigenvalue weighted by molar-refractivity contribution is 0.143. The highest BCUT2D eigenvalue weighted by atomic mass is 16.5. The normalized spacial score (nSPS) is 15.3. The third kappa shape index (κ3) is 2.59. The molecular formula is C11H16N2O2. The number of pyridine rings is 1. The van der Waals surface area contributed by atoms with Crippen LogP contribution in [0.3, 0.4) is 0 Å². The fourth-order valence-electron chi connectivity index (χ4n) is 1.52. The fourth-order valence-corrected chi connectivity index (χ4v) is 1.52. The highest BCUT2D eigenvalue weighted by Gasteiger charge is 2.27. The molecule has 4 nitrogen and oxygen atoms in total. The van der Waals surface area contributed by atoms with E-state index in [0.717, 1.165) is 5.56 Å². The molecule has 0 spiro atoms. The number of hydrogen-bond donors (Lipinski definition) is 1. The van der Waals surface area contributed by atoms with Gasteiger partial charge in [0.25, 0.3) is 0 Å². The molecule has 2 N–H and O–H groups in total. The lowest BCUT2D eigenvalue weighted by atomic mass is 10.1. The van der Waals surface area contributed by atoms with Gasteiger partial charge in [0.05, 0.1) is 18.5 Å². The van der Waals surface area contributed by atoms with Gasteiger partial charge in [-0.05, 0) is 24.8 Å². The van der Waals surface area contributed by atoms with Gasteiger partial charge in [-0.1, -0.05) is 0 Å². The third-order valence-corrected chi connectivity index (χ3v) is 2.44. The van der Waals surface area contributed by atoms with Gasteiger partial charge in [0.15, 0.2) is 0 Å². The Morgan fingerprint density at radius 3 is 2.93 bits per heavy atom. The molecule has 15 heavy (non-hydrogen) atoms. The van der Waals surface area contributed by atoms with Crippen molar-refractivity contribution in [2.75, 3.05) is 26.1 Å². The van der Waals surface area contributed by atoms with Crippen LogP contribution in [-0.2, 0) is 4.74 Å². The number of ether oxygens (including phenoxy) is 2. The van der Waals surface area contributed by atoms with Crippen LogP contribution in [0.25, 0.3) is 0 Å². The summed E-state index contributed by atoms with van der Waals surface area (Å²) in [6, 6.07) is 1.97. The van der Waals surface area contributed by atoms with Crippen molar-refractivity contribution >= 4 is 5.69 Å². The molecule has 0 amide bonds. The number of rotatable bonds is 5. The lowest BCUT2D eigenvalue weighted by Gasteiger charge is -2.09. The second kappa shape index (κ2) is 4.49. The Labute approximate surface area is 89.4 Å². The first-order valence-electron chi connectivity index (χ1n) is 5.18. The molecule has 2 rings (SSSR count). The number of anilines is 1. The summed E-state index contributed by atoms with van der Waals surface area (Å²) in [5, 5.41) is 0. The van der Waals surface area contributed by atoms with Gasteiger partial charge in [-0.2, -0.15) is 0 Å². The van der Waals surface area contributed by atoms with Gasteiger partial charge in [0.1, 0.15) is 6.61 Å². The molecular weight excluding hydrogens is 192 g/mol. The zero-order valence-electron chi connectivity index (χ0n) is 8.90. The Hall–Kier alpha value is -1.29. The average Bonchev–Trinajstić information content (AvgIpc) is 3.04. The number of hydrogen-bond acceptors (Lipinski definition) is 4. The summed E-state index contributed by atoms with van der Waals surface area (Å²) >= 11 is 0. The van der Waals surface area contributed by atoms with Gasteiger partial charge in [-0.3, -0.25) is 0 Å². The molecule has 1 aliphatic rings. The maximum absolute atomic E-state index is 5.71. The minimum atomic E-state index is 0.535. The van der Waals surface area contributed by atoms with Crippen LogP contribution in [0.5, 0.6) is 5.88 Å². The standard InChI is InChI=1S/C11H16N2O2/c1-14-4-5-15-11-10(8-2-3-8)6-9(12)7-13-11/h6-8H,2-5,12H2,1H3. The number of nitrogens with two attached hydrogens (primary N) is 1. The van der Waals surface area contributed by atoms with E-state index in [2.05, 4.69) is 4.98 Å². The molecule has 0 aliphatic heterocycles. The van der Waals surface area contributed by atoms with Crippen molar-refractivity contribution in [2.24, 2.45) is 0 Å². The molecule has 1 fully saturated rings. The van der Waals surface area contributed by atoms with Crippen LogP contribution in [-0.4, -0.2) is 25.3 Å². The molecule has 0 atom stereocenters. The maximum Gasteiger partial charge on any atom is 0.217 e. The fraction of sp³-hybridized carbons (Fsp3) is 0.545. The van der Waals surface area contributed by atoms with Gasteiger partial charge in [-0.15, -0.1) is 0 Å². The first kappa shape index (κ1) is 10.2. The molecule has 1 aliphatic carbocycles. The topological polar surface area (TPSA) is 57.4 Å². The van der Waals surface area contributed by atoms with E-state index in [9.17, 15) is 0 Å². The summed E-state index contributed by atoms with van der Waals surface area (Å²) in [4.78, 5) is 4.21. The van der Waals surface area contributed by atoms with Crippen LogP contribution in [0, 0.1) is 0 Å². The minimum Gasteiger partial charge on any atom is -0.475 e. The second-order valence-corrected chi connectivity index (χ2v) is 3.78. The number of methoxy groups -OCH3 is 1. The van der Waals surface area contributed by atoms with Crippen molar-refractivity contribution in [2.45, 2.75) is 18.8 Å². The maximum atomic E-state index is 5.71. The van der Waals surface area contributed by atoms with Crippen LogP contribution in [0.1, 0.15) is 24.3 Å². The van der Waals surface area contributed by atoms with Gasteiger partial charge in [-0.25, -0.2) is 4.98 Å². The third-order valence-electron chi connectivity index (χ3n) is 2.44. The van der Waals surface area contributed by atoms with Crippen molar-refractivity contribution < 1.29 is 9.47 Å². The molecule has 4 heteroatoms. The van der Waals surface area contributed by atoms with Crippen LogP contribution in [0.4, 0.5) is 5.69 Å². The van der Waals surface area contributed by atoms with Crippen LogP contribution >= 0.6 is 0 Å². The highest BCUT2D eigenvalue weighted by Crippen LogP contribution is 2.44. The van der Waals surface area contributed by atoms with E-state index in [1.807, 2.05) is 6.07 Å². The largest absolute Gasteiger partial charge is 0.475 e. The Bertz CT molecular complexity index is 337. The van der Waals surface area contributed by atoms with Crippen molar-refractivity contribution in [3.8, 4) is 5.88 Å². The van der Waals surface area contributed by atoms with Gasteiger partial charge < -0.3 is 15.2 Å². The Balaban J connectivity index is 2.07. The SMILES string of the molecule is COCCOc1ncc(N)cc1C1CC1. The number of aromatic nitrogens is 1. The lowest BCUT2D eigenvalue weighted by Crippen LogP contribution is -2.07. The Morgan fingerprint density at radius 2 is 2.27 bits per heavy atom. The monoisotopic (exact) mass is 208 g/mol. The zero-order valence-corrected chi connectivity index (χ0v) is 8.90.